The first-order valence-corrected chi connectivity index (χ1v) is 5.67. The summed E-state index contributed by atoms with van der Waals surface area (Å²) in [4.78, 5) is 12.1. The number of hydrogen-bond donors (Lipinski definition) is 0. The molecule has 0 N–H and O–H groups in total. The van der Waals surface area contributed by atoms with Gasteiger partial charge in [0.2, 0.25) is 0 Å². The van der Waals surface area contributed by atoms with Crippen LogP contribution in [0.2, 0.25) is 0 Å². The van der Waals surface area contributed by atoms with Crippen LogP contribution in [0.25, 0.3) is 0 Å². The molecule has 0 fully saturated rings. The summed E-state index contributed by atoms with van der Waals surface area (Å²) < 4.78 is 5.01. The van der Waals surface area contributed by atoms with Gasteiger partial charge in [0.15, 0.2) is 0 Å². The van der Waals surface area contributed by atoms with Crippen molar-refractivity contribution >= 4 is 11.4 Å². The fourth-order valence-corrected chi connectivity index (χ4v) is 1.67. The highest BCUT2D eigenvalue weighted by Gasteiger charge is 2.14. The average molecular weight is 261 g/mol. The van der Waals surface area contributed by atoms with Crippen LogP contribution < -0.4 is 4.90 Å². The van der Waals surface area contributed by atoms with E-state index in [1.165, 1.54) is 12.1 Å². The van der Waals surface area contributed by atoms with Crippen LogP contribution in [0.3, 0.4) is 0 Å². The third-order valence-electron chi connectivity index (χ3n) is 2.57. The summed E-state index contributed by atoms with van der Waals surface area (Å²) in [5, 5.41) is 19.8. The maximum atomic E-state index is 10.7. The van der Waals surface area contributed by atoms with Crippen LogP contribution in [0, 0.1) is 21.4 Å². The van der Waals surface area contributed by atoms with Crippen LogP contribution in [-0.4, -0.2) is 31.7 Å². The minimum absolute atomic E-state index is 0.0920. The van der Waals surface area contributed by atoms with Gasteiger partial charge in [-0.1, -0.05) is 6.08 Å². The number of methoxy groups -OCH3 is 1. The molecular weight excluding hydrogens is 246 g/mol. The quantitative estimate of drug-likeness (QED) is 0.426. The van der Waals surface area contributed by atoms with Crippen molar-refractivity contribution in [3.05, 3.63) is 46.5 Å². The van der Waals surface area contributed by atoms with E-state index in [2.05, 4.69) is 6.58 Å². The molecule has 0 aliphatic carbocycles. The number of nitrogens with zero attached hydrogens (tertiary/aromatic N) is 3. The van der Waals surface area contributed by atoms with Crippen molar-refractivity contribution in [1.29, 1.82) is 5.26 Å². The van der Waals surface area contributed by atoms with Gasteiger partial charge in [-0.2, -0.15) is 5.26 Å². The van der Waals surface area contributed by atoms with E-state index in [1.54, 1.807) is 19.3 Å². The second-order valence-corrected chi connectivity index (χ2v) is 3.80. The molecule has 100 valence electrons. The first kappa shape index (κ1) is 14.7. The van der Waals surface area contributed by atoms with Crippen molar-refractivity contribution < 1.29 is 9.66 Å². The van der Waals surface area contributed by atoms with Gasteiger partial charge in [0.05, 0.1) is 22.8 Å². The largest absolute Gasteiger partial charge is 0.383 e. The van der Waals surface area contributed by atoms with Crippen LogP contribution in [0.15, 0.2) is 30.9 Å². The highest BCUT2D eigenvalue weighted by molar-refractivity contribution is 5.63. The summed E-state index contributed by atoms with van der Waals surface area (Å²) in [6, 6.07) is 6.23. The van der Waals surface area contributed by atoms with Crippen molar-refractivity contribution in [3.63, 3.8) is 0 Å². The van der Waals surface area contributed by atoms with E-state index in [0.29, 0.717) is 25.4 Å². The fourth-order valence-electron chi connectivity index (χ4n) is 1.67. The zero-order chi connectivity index (χ0) is 14.3. The summed E-state index contributed by atoms with van der Waals surface area (Å²) >= 11 is 0. The Hall–Kier alpha value is -2.39. The Balaban J connectivity index is 3.11. The molecule has 0 aromatic heterocycles. The molecule has 6 heteroatoms. The minimum Gasteiger partial charge on any atom is -0.383 e. The van der Waals surface area contributed by atoms with E-state index in [4.69, 9.17) is 10.00 Å². The first-order chi connectivity index (χ1) is 9.13. The van der Waals surface area contributed by atoms with Gasteiger partial charge in [0, 0.05) is 32.3 Å². The van der Waals surface area contributed by atoms with E-state index < -0.39 is 4.92 Å². The number of nitro benzene ring substituents is 1. The molecule has 6 nitrogen and oxygen atoms in total. The third-order valence-corrected chi connectivity index (χ3v) is 2.57. The standard InChI is InChI=1S/C13H15N3O3/c1-3-6-15(7-8-19-2)13-5-4-12(16(17)18)9-11(13)10-14/h3-5,9H,1,6-8H2,2H3. The summed E-state index contributed by atoms with van der Waals surface area (Å²) in [6.07, 6.45) is 1.71. The lowest BCUT2D eigenvalue weighted by Gasteiger charge is -2.23. The fraction of sp³-hybridized carbons (Fsp3) is 0.308. The normalized spacial score (nSPS) is 9.68. The van der Waals surface area contributed by atoms with Gasteiger partial charge < -0.3 is 9.64 Å². The van der Waals surface area contributed by atoms with E-state index in [0.717, 1.165) is 0 Å². The monoisotopic (exact) mass is 261 g/mol. The Kier molecular flexibility index (Phi) is 5.51. The Morgan fingerprint density at radius 1 is 1.63 bits per heavy atom. The first-order valence-electron chi connectivity index (χ1n) is 5.67. The highest BCUT2D eigenvalue weighted by atomic mass is 16.6. The number of nitriles is 1. The molecule has 0 unspecified atom stereocenters. The topological polar surface area (TPSA) is 79.4 Å². The molecule has 1 aromatic rings. The minimum atomic E-state index is -0.516. The number of hydrogen-bond acceptors (Lipinski definition) is 5. The van der Waals surface area contributed by atoms with E-state index in [1.807, 2.05) is 11.0 Å². The second kappa shape index (κ2) is 7.13. The molecule has 0 heterocycles. The maximum absolute atomic E-state index is 10.7. The van der Waals surface area contributed by atoms with Crippen LogP contribution in [0.4, 0.5) is 11.4 Å². The summed E-state index contributed by atoms with van der Waals surface area (Å²) in [5.74, 6) is 0. The molecule has 0 saturated heterocycles. The molecule has 0 aliphatic heterocycles. The lowest BCUT2D eigenvalue weighted by Crippen LogP contribution is -2.28. The van der Waals surface area contributed by atoms with Gasteiger partial charge >= 0.3 is 0 Å². The van der Waals surface area contributed by atoms with Gasteiger partial charge in [-0.15, -0.1) is 6.58 Å². The molecular formula is C13H15N3O3. The third kappa shape index (κ3) is 3.79. The van der Waals surface area contributed by atoms with Crippen LogP contribution in [0.5, 0.6) is 0 Å². The molecule has 0 amide bonds. The van der Waals surface area contributed by atoms with Crippen molar-refractivity contribution in [2.75, 3.05) is 31.7 Å². The van der Waals surface area contributed by atoms with Crippen LogP contribution in [-0.2, 0) is 4.74 Å². The lowest BCUT2D eigenvalue weighted by molar-refractivity contribution is -0.384. The summed E-state index contributed by atoms with van der Waals surface area (Å²) in [5.41, 5.74) is 0.822. The second-order valence-electron chi connectivity index (χ2n) is 3.80. The van der Waals surface area contributed by atoms with Gasteiger partial charge in [-0.3, -0.25) is 10.1 Å². The predicted octanol–water partition coefficient (Wildman–Crippen LogP) is 2.11. The average Bonchev–Trinajstić information content (AvgIpc) is 2.42. The zero-order valence-electron chi connectivity index (χ0n) is 10.7. The molecule has 0 bridgehead atoms. The summed E-state index contributed by atoms with van der Waals surface area (Å²) in [6.45, 7) is 5.27. The molecule has 0 atom stereocenters. The van der Waals surface area contributed by atoms with E-state index >= 15 is 0 Å². The Labute approximate surface area is 111 Å². The van der Waals surface area contributed by atoms with Gasteiger partial charge in [-0.25, -0.2) is 0 Å². The Morgan fingerprint density at radius 2 is 2.37 bits per heavy atom. The number of nitro groups is 1. The zero-order valence-corrected chi connectivity index (χ0v) is 10.7. The number of benzene rings is 1. The lowest BCUT2D eigenvalue weighted by atomic mass is 10.1. The Bertz CT molecular complexity index is 508. The maximum Gasteiger partial charge on any atom is 0.270 e. The van der Waals surface area contributed by atoms with Crippen molar-refractivity contribution in [1.82, 2.24) is 0 Å². The molecule has 0 saturated carbocycles. The number of rotatable bonds is 7. The van der Waals surface area contributed by atoms with Crippen molar-refractivity contribution in [3.8, 4) is 6.07 Å². The number of ether oxygens (including phenoxy) is 1. The summed E-state index contributed by atoms with van der Waals surface area (Å²) in [7, 11) is 1.59. The van der Waals surface area contributed by atoms with Crippen molar-refractivity contribution in [2.24, 2.45) is 0 Å². The number of non-ortho nitro benzene ring substituents is 1. The van der Waals surface area contributed by atoms with E-state index in [-0.39, 0.29) is 11.3 Å². The molecule has 1 rings (SSSR count). The molecule has 0 aliphatic rings. The van der Waals surface area contributed by atoms with Crippen LogP contribution in [0.1, 0.15) is 5.56 Å². The van der Waals surface area contributed by atoms with Gasteiger partial charge in [0.1, 0.15) is 6.07 Å². The molecule has 0 spiro atoms. The van der Waals surface area contributed by atoms with Gasteiger partial charge in [-0.05, 0) is 6.07 Å². The van der Waals surface area contributed by atoms with Gasteiger partial charge in [0.25, 0.3) is 5.69 Å². The predicted molar refractivity (Wildman–Crippen MR) is 72.1 cm³/mol. The molecule has 19 heavy (non-hydrogen) atoms. The van der Waals surface area contributed by atoms with Crippen LogP contribution >= 0.6 is 0 Å². The molecule has 0 radical (unpaired) electrons. The van der Waals surface area contributed by atoms with Crippen molar-refractivity contribution in [2.45, 2.75) is 0 Å². The Morgan fingerprint density at radius 3 is 2.89 bits per heavy atom. The number of anilines is 1. The smallest absolute Gasteiger partial charge is 0.270 e. The van der Waals surface area contributed by atoms with E-state index in [9.17, 15) is 10.1 Å². The highest BCUT2D eigenvalue weighted by Crippen LogP contribution is 2.24. The molecule has 1 aromatic carbocycles. The SMILES string of the molecule is C=CCN(CCOC)c1ccc([N+](=O)[O-])cc1C#N.